The van der Waals surface area contributed by atoms with Gasteiger partial charge in [-0.2, -0.15) is 0 Å². The Kier molecular flexibility index (Phi) is 3.73. The quantitative estimate of drug-likeness (QED) is 0.593. The number of nitrogens with two attached hydrogens (primary N) is 1. The van der Waals surface area contributed by atoms with Gasteiger partial charge in [0.1, 0.15) is 0 Å². The predicted octanol–water partition coefficient (Wildman–Crippen LogP) is 6.29. The summed E-state index contributed by atoms with van der Waals surface area (Å²) in [6.45, 7) is 8.89. The smallest absolute Gasteiger partial charge is 0.0538 e. The minimum Gasteiger partial charge on any atom is -0.397 e. The molecule has 0 unspecified atom stereocenters. The van der Waals surface area contributed by atoms with Crippen LogP contribution >= 0.6 is 15.9 Å². The molecule has 1 nitrogen and oxygen atoms in total. The Morgan fingerprint density at radius 3 is 2.18 bits per heavy atom. The molecular formula is C20H26BrN. The molecule has 0 heterocycles. The molecule has 2 heteroatoms. The Morgan fingerprint density at radius 1 is 0.955 bits per heavy atom. The largest absolute Gasteiger partial charge is 0.397 e. The second kappa shape index (κ2) is 5.73. The van der Waals surface area contributed by atoms with E-state index >= 15 is 0 Å². The van der Waals surface area contributed by atoms with Crippen LogP contribution in [0.5, 0.6) is 0 Å². The second-order valence-electron chi connectivity index (χ2n) is 7.28. The zero-order valence-corrected chi connectivity index (χ0v) is 15.4. The van der Waals surface area contributed by atoms with Crippen molar-refractivity contribution in [3.8, 4) is 11.1 Å². The van der Waals surface area contributed by atoms with E-state index in [1.807, 2.05) is 19.1 Å². The molecule has 0 fully saturated rings. The van der Waals surface area contributed by atoms with Gasteiger partial charge < -0.3 is 5.73 Å². The standard InChI is InChI=1S/C20H26BrN/c1-19(2,3)13-11-15(18(22)17(21)12-13)14-9-7-8-10-16(14)20(4,5)6/h7-12H,22H2,1-6H3/i1D,2D. The normalized spacial score (nSPS) is 13.7. The zero-order chi connectivity index (χ0) is 18.1. The van der Waals surface area contributed by atoms with E-state index in [0.29, 0.717) is 5.69 Å². The molecule has 2 rings (SSSR count). The van der Waals surface area contributed by atoms with E-state index < -0.39 is 5.41 Å². The Bertz CT molecular complexity index is 731. The number of benzene rings is 2. The first-order valence-electron chi connectivity index (χ1n) is 8.83. The summed E-state index contributed by atoms with van der Waals surface area (Å²) in [6.07, 6.45) is 0. The van der Waals surface area contributed by atoms with Gasteiger partial charge in [0.15, 0.2) is 0 Å². The van der Waals surface area contributed by atoms with E-state index in [-0.39, 0.29) is 19.2 Å². The molecule has 0 aromatic heterocycles. The van der Waals surface area contributed by atoms with Gasteiger partial charge in [0, 0.05) is 12.8 Å². The Labute approximate surface area is 145 Å². The maximum absolute atomic E-state index is 7.87. The van der Waals surface area contributed by atoms with Crippen molar-refractivity contribution in [1.82, 2.24) is 0 Å². The molecule has 2 aromatic rings. The van der Waals surface area contributed by atoms with Gasteiger partial charge >= 0.3 is 0 Å². The summed E-state index contributed by atoms with van der Waals surface area (Å²) in [5.74, 6) is 0. The topological polar surface area (TPSA) is 26.0 Å². The van der Waals surface area contributed by atoms with E-state index in [0.717, 1.165) is 21.2 Å². The van der Waals surface area contributed by atoms with Crippen LogP contribution in [0, 0.1) is 0 Å². The first-order valence-corrected chi connectivity index (χ1v) is 8.21. The second-order valence-corrected chi connectivity index (χ2v) is 8.13. The molecule has 0 saturated heterocycles. The van der Waals surface area contributed by atoms with E-state index in [4.69, 9.17) is 8.48 Å². The highest BCUT2D eigenvalue weighted by atomic mass is 79.9. The molecule has 0 atom stereocenters. The third-order valence-corrected chi connectivity index (χ3v) is 4.51. The number of anilines is 1. The van der Waals surface area contributed by atoms with Gasteiger partial charge in [0.2, 0.25) is 0 Å². The van der Waals surface area contributed by atoms with Crippen LogP contribution in [-0.2, 0) is 10.8 Å². The van der Waals surface area contributed by atoms with Crippen molar-refractivity contribution in [2.75, 3.05) is 5.73 Å². The van der Waals surface area contributed by atoms with Crippen molar-refractivity contribution >= 4 is 21.6 Å². The summed E-state index contributed by atoms with van der Waals surface area (Å²) in [5.41, 5.74) is 10.9. The SMILES string of the molecule is [2H]CC(C)(C[2H])c1cc(Br)c(N)c(-c2ccccc2C(C)(C)C)c1. The summed E-state index contributed by atoms with van der Waals surface area (Å²) in [6, 6.07) is 12.3. The number of halogens is 1. The lowest BCUT2D eigenvalue weighted by Gasteiger charge is -2.26. The summed E-state index contributed by atoms with van der Waals surface area (Å²) in [4.78, 5) is 0. The van der Waals surface area contributed by atoms with Crippen molar-refractivity contribution in [3.05, 3.63) is 52.0 Å². The molecule has 2 N–H and O–H groups in total. The predicted molar refractivity (Wildman–Crippen MR) is 101 cm³/mol. The van der Waals surface area contributed by atoms with Gasteiger partial charge in [0.05, 0.1) is 5.69 Å². The third kappa shape index (κ3) is 3.38. The third-order valence-electron chi connectivity index (χ3n) is 3.85. The van der Waals surface area contributed by atoms with Crippen LogP contribution < -0.4 is 5.73 Å². The van der Waals surface area contributed by atoms with Crippen molar-refractivity contribution in [2.45, 2.75) is 52.3 Å². The van der Waals surface area contributed by atoms with E-state index in [1.165, 1.54) is 5.56 Å². The lowest BCUT2D eigenvalue weighted by molar-refractivity contribution is 0.589. The zero-order valence-electron chi connectivity index (χ0n) is 15.8. The van der Waals surface area contributed by atoms with Gasteiger partial charge in [-0.25, -0.2) is 0 Å². The average Bonchev–Trinajstić information content (AvgIpc) is 2.55. The number of hydrogen-bond donors (Lipinski definition) is 1. The van der Waals surface area contributed by atoms with E-state index in [2.05, 4.69) is 61.0 Å². The molecule has 0 bridgehead atoms. The van der Waals surface area contributed by atoms with Crippen LogP contribution in [0.4, 0.5) is 5.69 Å². The van der Waals surface area contributed by atoms with Crippen LogP contribution in [0.25, 0.3) is 11.1 Å². The number of hydrogen-bond acceptors (Lipinski definition) is 1. The van der Waals surface area contributed by atoms with E-state index in [1.54, 1.807) is 0 Å². The molecular weight excluding hydrogens is 334 g/mol. The Morgan fingerprint density at radius 2 is 1.59 bits per heavy atom. The van der Waals surface area contributed by atoms with Crippen LogP contribution in [0.15, 0.2) is 40.9 Å². The van der Waals surface area contributed by atoms with Crippen LogP contribution in [0.3, 0.4) is 0 Å². The molecule has 0 aliphatic carbocycles. The van der Waals surface area contributed by atoms with Crippen LogP contribution in [-0.4, -0.2) is 0 Å². The fourth-order valence-corrected chi connectivity index (χ4v) is 3.02. The van der Waals surface area contributed by atoms with Crippen molar-refractivity contribution in [2.24, 2.45) is 0 Å². The van der Waals surface area contributed by atoms with Crippen molar-refractivity contribution in [3.63, 3.8) is 0 Å². The minimum absolute atomic E-state index is 0.000334. The van der Waals surface area contributed by atoms with Gasteiger partial charge in [-0.05, 0) is 55.6 Å². The Balaban J connectivity index is 2.75. The summed E-state index contributed by atoms with van der Waals surface area (Å²) >= 11 is 3.57. The first kappa shape index (κ1) is 14.3. The summed E-state index contributed by atoms with van der Waals surface area (Å²) < 4.78 is 16.6. The molecule has 0 saturated carbocycles. The average molecular weight is 362 g/mol. The molecule has 2 aromatic carbocycles. The summed E-state index contributed by atoms with van der Waals surface area (Å²) in [5, 5.41) is 0. The molecule has 0 amide bonds. The van der Waals surface area contributed by atoms with Gasteiger partial charge in [-0.15, -0.1) is 0 Å². The molecule has 0 aliphatic rings. The molecule has 0 aliphatic heterocycles. The highest BCUT2D eigenvalue weighted by molar-refractivity contribution is 9.10. The molecule has 118 valence electrons. The van der Waals surface area contributed by atoms with Crippen molar-refractivity contribution < 1.29 is 2.74 Å². The monoisotopic (exact) mass is 361 g/mol. The van der Waals surface area contributed by atoms with Crippen LogP contribution in [0.2, 0.25) is 0 Å². The highest BCUT2D eigenvalue weighted by Crippen LogP contribution is 2.40. The summed E-state index contributed by atoms with van der Waals surface area (Å²) in [7, 11) is 0. The lowest BCUT2D eigenvalue weighted by Crippen LogP contribution is -2.14. The minimum atomic E-state index is -0.498. The van der Waals surface area contributed by atoms with Gasteiger partial charge in [-0.1, -0.05) is 65.8 Å². The lowest BCUT2D eigenvalue weighted by atomic mass is 9.80. The number of rotatable bonds is 1. The molecule has 22 heavy (non-hydrogen) atoms. The maximum atomic E-state index is 7.87. The fourth-order valence-electron chi connectivity index (χ4n) is 2.56. The first-order chi connectivity index (χ1) is 11.1. The highest BCUT2D eigenvalue weighted by Gasteiger charge is 2.22. The Hall–Kier alpha value is -1.28. The molecule has 0 radical (unpaired) electrons. The number of nitrogen functional groups attached to an aromatic ring is 1. The fraction of sp³-hybridized carbons (Fsp3) is 0.400. The van der Waals surface area contributed by atoms with Crippen molar-refractivity contribution in [1.29, 1.82) is 0 Å². The maximum Gasteiger partial charge on any atom is 0.0538 e. The van der Waals surface area contributed by atoms with Gasteiger partial charge in [-0.3, -0.25) is 0 Å². The van der Waals surface area contributed by atoms with Gasteiger partial charge in [0.25, 0.3) is 0 Å². The molecule has 0 spiro atoms. The van der Waals surface area contributed by atoms with E-state index in [9.17, 15) is 0 Å². The van der Waals surface area contributed by atoms with Crippen LogP contribution in [0.1, 0.15) is 55.4 Å².